The van der Waals surface area contributed by atoms with E-state index in [1.165, 1.54) is 0 Å². The molecule has 3 aromatic rings. The second-order valence-electron chi connectivity index (χ2n) is 4.69. The van der Waals surface area contributed by atoms with Gasteiger partial charge in [-0.05, 0) is 30.3 Å². The van der Waals surface area contributed by atoms with E-state index in [-0.39, 0.29) is 0 Å². The molecule has 0 heterocycles. The van der Waals surface area contributed by atoms with Crippen LogP contribution in [0.4, 0.5) is 17.1 Å². The molecule has 101 valence electrons. The van der Waals surface area contributed by atoms with Crippen molar-refractivity contribution in [1.29, 1.82) is 0 Å². The Labute approximate surface area is 124 Å². The fourth-order valence-corrected chi connectivity index (χ4v) is 2.38. The van der Waals surface area contributed by atoms with Crippen molar-refractivity contribution in [2.24, 2.45) is 0 Å². The number of para-hydroxylation sites is 3. The van der Waals surface area contributed by atoms with Crippen molar-refractivity contribution in [1.82, 2.24) is 5.41 Å². The average Bonchev–Trinajstić information content (AvgIpc) is 2.58. The molecule has 0 amide bonds. The summed E-state index contributed by atoms with van der Waals surface area (Å²) in [4.78, 5) is 2.13. The second-order valence-corrected chi connectivity index (χ2v) is 4.69. The van der Waals surface area contributed by atoms with E-state index in [0.717, 1.165) is 28.8 Å². The molecule has 2 nitrogen and oxygen atoms in total. The van der Waals surface area contributed by atoms with Crippen LogP contribution >= 0.6 is 0 Å². The Morgan fingerprint density at radius 1 is 0.619 bits per heavy atom. The third-order valence-electron chi connectivity index (χ3n) is 3.35. The number of benzene rings is 3. The molecule has 0 aromatic heterocycles. The van der Waals surface area contributed by atoms with Gasteiger partial charge in [0.05, 0.1) is 11.9 Å². The van der Waals surface area contributed by atoms with E-state index in [1.807, 2.05) is 60.7 Å². The van der Waals surface area contributed by atoms with Gasteiger partial charge in [0.25, 0.3) is 0 Å². The molecule has 0 aliphatic carbocycles. The molecule has 0 bridgehead atoms. The Morgan fingerprint density at radius 3 is 1.62 bits per heavy atom. The SMILES string of the molecule is [N]=Cc1ccccc1N(c1ccccc1)c1ccccc1. The van der Waals surface area contributed by atoms with E-state index < -0.39 is 0 Å². The van der Waals surface area contributed by atoms with Crippen molar-refractivity contribution in [3.8, 4) is 0 Å². The lowest BCUT2D eigenvalue weighted by atomic mass is 10.1. The Balaban J connectivity index is 2.20. The molecule has 3 aromatic carbocycles. The summed E-state index contributed by atoms with van der Waals surface area (Å²) in [5.41, 5.74) is 3.83. The van der Waals surface area contributed by atoms with Gasteiger partial charge in [-0.2, -0.15) is 5.41 Å². The molecule has 0 aliphatic rings. The standard InChI is InChI=1S/C19H15N2/c20-15-16-9-7-8-14-19(16)21(17-10-3-1-4-11-17)18-12-5-2-6-13-18/h1-15H. The zero-order chi connectivity index (χ0) is 14.5. The van der Waals surface area contributed by atoms with Gasteiger partial charge in [-0.15, -0.1) is 0 Å². The van der Waals surface area contributed by atoms with Gasteiger partial charge in [0, 0.05) is 16.9 Å². The van der Waals surface area contributed by atoms with Crippen LogP contribution in [-0.2, 0) is 0 Å². The monoisotopic (exact) mass is 271 g/mol. The quantitative estimate of drug-likeness (QED) is 0.647. The Hall–Kier alpha value is -2.87. The summed E-state index contributed by atoms with van der Waals surface area (Å²) in [6.07, 6.45) is 1.15. The van der Waals surface area contributed by atoms with Crippen LogP contribution in [0.2, 0.25) is 0 Å². The molecule has 2 heteroatoms. The lowest BCUT2D eigenvalue weighted by Gasteiger charge is -2.26. The summed E-state index contributed by atoms with van der Waals surface area (Å²) in [5.74, 6) is 0. The van der Waals surface area contributed by atoms with Crippen LogP contribution in [0, 0.1) is 0 Å². The van der Waals surface area contributed by atoms with Gasteiger partial charge in [0.15, 0.2) is 0 Å². The van der Waals surface area contributed by atoms with Crippen LogP contribution in [0.5, 0.6) is 0 Å². The van der Waals surface area contributed by atoms with Gasteiger partial charge >= 0.3 is 0 Å². The molecule has 0 saturated carbocycles. The molecule has 0 N–H and O–H groups in total. The van der Waals surface area contributed by atoms with E-state index in [9.17, 15) is 5.41 Å². The first kappa shape index (κ1) is 13.1. The van der Waals surface area contributed by atoms with Crippen molar-refractivity contribution < 1.29 is 0 Å². The van der Waals surface area contributed by atoms with Gasteiger partial charge in [-0.25, -0.2) is 0 Å². The highest BCUT2D eigenvalue weighted by atomic mass is 15.1. The second kappa shape index (κ2) is 6.06. The predicted molar refractivity (Wildman–Crippen MR) is 88.4 cm³/mol. The van der Waals surface area contributed by atoms with E-state index >= 15 is 0 Å². The first-order chi connectivity index (χ1) is 10.4. The largest absolute Gasteiger partial charge is 0.310 e. The molecule has 0 aliphatic heterocycles. The number of nitrogens with zero attached hydrogens (tertiary/aromatic N) is 2. The first-order valence-corrected chi connectivity index (χ1v) is 6.87. The Morgan fingerprint density at radius 2 is 1.10 bits per heavy atom. The molecule has 0 saturated heterocycles. The Bertz CT molecular complexity index is 681. The van der Waals surface area contributed by atoms with Crippen LogP contribution in [0.15, 0.2) is 84.9 Å². The lowest BCUT2D eigenvalue weighted by Crippen LogP contribution is -2.11. The van der Waals surface area contributed by atoms with Crippen molar-refractivity contribution in [2.75, 3.05) is 4.90 Å². The molecular formula is C19H15N2. The summed E-state index contributed by atoms with van der Waals surface area (Å²) in [7, 11) is 0. The number of rotatable bonds is 4. The maximum atomic E-state index is 9.51. The average molecular weight is 271 g/mol. The highest BCUT2D eigenvalue weighted by Crippen LogP contribution is 2.35. The Kier molecular flexibility index (Phi) is 3.79. The van der Waals surface area contributed by atoms with E-state index in [0.29, 0.717) is 0 Å². The summed E-state index contributed by atoms with van der Waals surface area (Å²) in [6.45, 7) is 0. The van der Waals surface area contributed by atoms with E-state index in [1.54, 1.807) is 0 Å². The number of anilines is 3. The van der Waals surface area contributed by atoms with E-state index in [2.05, 4.69) is 29.2 Å². The zero-order valence-electron chi connectivity index (χ0n) is 11.6. The third-order valence-corrected chi connectivity index (χ3v) is 3.35. The highest BCUT2D eigenvalue weighted by Gasteiger charge is 2.13. The van der Waals surface area contributed by atoms with Crippen LogP contribution in [0.25, 0.3) is 0 Å². The maximum absolute atomic E-state index is 9.51. The van der Waals surface area contributed by atoms with Gasteiger partial charge in [-0.1, -0.05) is 54.6 Å². The molecule has 21 heavy (non-hydrogen) atoms. The minimum atomic E-state index is 0.783. The van der Waals surface area contributed by atoms with Gasteiger partial charge in [0.1, 0.15) is 0 Å². The molecule has 0 fully saturated rings. The molecule has 0 spiro atoms. The lowest BCUT2D eigenvalue weighted by molar-refractivity contribution is 1.28. The molecule has 0 atom stereocenters. The summed E-state index contributed by atoms with van der Waals surface area (Å²) in [5, 5.41) is 9.51. The third kappa shape index (κ3) is 2.70. The van der Waals surface area contributed by atoms with Crippen molar-refractivity contribution in [3.05, 3.63) is 90.5 Å². The molecule has 1 radical (unpaired) electrons. The van der Waals surface area contributed by atoms with Gasteiger partial charge in [0.2, 0.25) is 0 Å². The molecular weight excluding hydrogens is 256 g/mol. The molecule has 0 unspecified atom stereocenters. The van der Waals surface area contributed by atoms with Crippen LogP contribution < -0.4 is 10.3 Å². The topological polar surface area (TPSA) is 25.5 Å². The smallest absolute Gasteiger partial charge is 0.0589 e. The van der Waals surface area contributed by atoms with Gasteiger partial charge < -0.3 is 4.90 Å². The normalized spacial score (nSPS) is 10.1. The zero-order valence-corrected chi connectivity index (χ0v) is 11.6. The summed E-state index contributed by atoms with van der Waals surface area (Å²) in [6, 6.07) is 28.1. The molecule has 3 rings (SSSR count). The maximum Gasteiger partial charge on any atom is 0.0589 e. The fraction of sp³-hybridized carbons (Fsp3) is 0. The summed E-state index contributed by atoms with van der Waals surface area (Å²) >= 11 is 0. The van der Waals surface area contributed by atoms with Crippen molar-refractivity contribution in [3.63, 3.8) is 0 Å². The predicted octanol–water partition coefficient (Wildman–Crippen LogP) is 4.38. The summed E-state index contributed by atoms with van der Waals surface area (Å²) < 4.78 is 0. The number of hydrogen-bond donors (Lipinski definition) is 0. The first-order valence-electron chi connectivity index (χ1n) is 6.87. The van der Waals surface area contributed by atoms with Crippen LogP contribution in [0.1, 0.15) is 5.56 Å². The van der Waals surface area contributed by atoms with Crippen LogP contribution in [0.3, 0.4) is 0 Å². The minimum absolute atomic E-state index is 0.783. The number of hydrogen-bond acceptors (Lipinski definition) is 1. The van der Waals surface area contributed by atoms with E-state index in [4.69, 9.17) is 0 Å². The minimum Gasteiger partial charge on any atom is -0.310 e. The fourth-order valence-electron chi connectivity index (χ4n) is 2.38. The van der Waals surface area contributed by atoms with Crippen molar-refractivity contribution in [2.45, 2.75) is 0 Å². The van der Waals surface area contributed by atoms with Crippen molar-refractivity contribution >= 4 is 23.3 Å². The highest BCUT2D eigenvalue weighted by molar-refractivity contribution is 5.91. The van der Waals surface area contributed by atoms with Crippen LogP contribution in [-0.4, -0.2) is 6.21 Å². The van der Waals surface area contributed by atoms with Gasteiger partial charge in [-0.3, -0.25) is 0 Å².